The maximum atomic E-state index is 12.8. The van der Waals surface area contributed by atoms with Crippen molar-refractivity contribution >= 4 is 35.1 Å². The number of unbranched alkanes of at least 4 members (excludes halogenated alkanes) is 2. The molecule has 0 aliphatic heterocycles. The summed E-state index contributed by atoms with van der Waals surface area (Å²) in [6, 6.07) is 26.7. The predicted octanol–water partition coefficient (Wildman–Crippen LogP) is 10.8. The monoisotopic (exact) mass is 639 g/mol. The van der Waals surface area contributed by atoms with Gasteiger partial charge < -0.3 is 9.47 Å². The van der Waals surface area contributed by atoms with Gasteiger partial charge in [0.1, 0.15) is 17.6 Å². The van der Waals surface area contributed by atoms with E-state index in [1.807, 2.05) is 18.2 Å². The van der Waals surface area contributed by atoms with E-state index in [2.05, 4.69) is 31.2 Å². The Morgan fingerprint density at radius 3 is 1.96 bits per heavy atom. The zero-order chi connectivity index (χ0) is 31.8. The highest BCUT2D eigenvalue weighted by Gasteiger charge is 2.22. The third-order valence-electron chi connectivity index (χ3n) is 8.54. The molecule has 230 valence electrons. The average Bonchev–Trinajstić information content (AvgIpc) is 3.05. The zero-order valence-corrected chi connectivity index (χ0v) is 26.7. The van der Waals surface area contributed by atoms with Crippen LogP contribution in [0.5, 0.6) is 11.5 Å². The minimum atomic E-state index is -0.715. The molecule has 0 N–H and O–H groups in total. The van der Waals surface area contributed by atoms with Crippen LogP contribution in [-0.4, -0.2) is 11.9 Å². The van der Waals surface area contributed by atoms with Crippen LogP contribution in [0.4, 0.5) is 0 Å². The quantitative estimate of drug-likeness (QED) is 0.0979. The van der Waals surface area contributed by atoms with Gasteiger partial charge in [0.15, 0.2) is 0 Å². The molecular weight excluding hydrogens is 605 g/mol. The molecule has 1 saturated carbocycles. The van der Waals surface area contributed by atoms with Gasteiger partial charge in [0, 0.05) is 12.1 Å². The van der Waals surface area contributed by atoms with Crippen molar-refractivity contribution in [1.29, 1.82) is 5.26 Å². The normalized spacial score (nSPS) is 16.0. The summed E-state index contributed by atoms with van der Waals surface area (Å²) in [6.45, 7) is 2.27. The summed E-state index contributed by atoms with van der Waals surface area (Å²) in [5.41, 5.74) is 4.29. The molecule has 0 amide bonds. The summed E-state index contributed by atoms with van der Waals surface area (Å²) in [5.74, 6) is 0.656. The fourth-order valence-corrected chi connectivity index (χ4v) is 6.38. The van der Waals surface area contributed by atoms with Gasteiger partial charge in [0.25, 0.3) is 0 Å². The molecule has 0 bridgehead atoms. The van der Waals surface area contributed by atoms with Crippen LogP contribution in [0.3, 0.4) is 0 Å². The van der Waals surface area contributed by atoms with E-state index in [1.54, 1.807) is 12.1 Å². The number of halogens is 2. The fraction of sp³-hybridized carbons (Fsp3) is 0.289. The van der Waals surface area contributed by atoms with Gasteiger partial charge in [-0.05, 0) is 90.6 Å². The molecule has 0 spiro atoms. The average molecular weight is 641 g/mol. The number of hydrogen-bond donors (Lipinski definition) is 0. The molecule has 1 fully saturated rings. The van der Waals surface area contributed by atoms with Gasteiger partial charge >= 0.3 is 11.9 Å². The van der Waals surface area contributed by atoms with E-state index in [0.717, 1.165) is 17.0 Å². The molecule has 1 aliphatic carbocycles. The van der Waals surface area contributed by atoms with Crippen molar-refractivity contribution in [2.75, 3.05) is 0 Å². The topological polar surface area (TPSA) is 76.4 Å². The molecule has 0 atom stereocenters. The smallest absolute Gasteiger partial charge is 0.345 e. The number of ether oxygens (including phenoxy) is 2. The van der Waals surface area contributed by atoms with E-state index in [1.165, 1.54) is 93.3 Å². The van der Waals surface area contributed by atoms with Crippen LogP contribution in [-0.2, 0) is 0 Å². The van der Waals surface area contributed by atoms with Crippen LogP contribution < -0.4 is 9.47 Å². The first-order valence-corrected chi connectivity index (χ1v) is 16.2. The Morgan fingerprint density at radius 2 is 1.36 bits per heavy atom. The molecule has 0 radical (unpaired) electrons. The van der Waals surface area contributed by atoms with Crippen molar-refractivity contribution in [3.8, 4) is 28.7 Å². The molecule has 0 saturated heterocycles. The number of nitrogens with zero attached hydrogens (tertiary/aromatic N) is 1. The lowest BCUT2D eigenvalue weighted by molar-refractivity contribution is 0.0730. The summed E-state index contributed by atoms with van der Waals surface area (Å²) in [5, 5.41) is 9.23. The first kappa shape index (κ1) is 32.3. The Labute approximate surface area is 274 Å². The summed E-state index contributed by atoms with van der Waals surface area (Å²) in [4.78, 5) is 25.5. The van der Waals surface area contributed by atoms with Gasteiger partial charge in [-0.25, -0.2) is 9.59 Å². The number of rotatable bonds is 10. The third-order valence-corrected chi connectivity index (χ3v) is 9.17. The molecule has 0 heterocycles. The van der Waals surface area contributed by atoms with E-state index in [0.29, 0.717) is 11.5 Å². The largest absolute Gasteiger partial charge is 0.423 e. The molecule has 4 aromatic carbocycles. The molecule has 1 aliphatic rings. The van der Waals surface area contributed by atoms with Gasteiger partial charge in [0.2, 0.25) is 0 Å². The second-order valence-electron chi connectivity index (χ2n) is 11.6. The number of carbonyl (C=O) groups excluding carboxylic acids is 2. The number of esters is 2. The number of carbonyl (C=O) groups is 2. The molecule has 45 heavy (non-hydrogen) atoms. The van der Waals surface area contributed by atoms with Crippen LogP contribution in [0.1, 0.15) is 96.1 Å². The second kappa shape index (κ2) is 15.3. The van der Waals surface area contributed by atoms with Gasteiger partial charge in [-0.3, -0.25) is 0 Å². The van der Waals surface area contributed by atoms with E-state index < -0.39 is 11.9 Å². The number of benzene rings is 4. The molecule has 5 nitrogen and oxygen atoms in total. The van der Waals surface area contributed by atoms with Crippen molar-refractivity contribution < 1.29 is 19.1 Å². The highest BCUT2D eigenvalue weighted by atomic mass is 35.5. The van der Waals surface area contributed by atoms with Gasteiger partial charge in [-0.15, -0.1) is 0 Å². The lowest BCUT2D eigenvalue weighted by Crippen LogP contribution is -2.13. The number of nitriles is 1. The molecule has 0 unspecified atom stereocenters. The van der Waals surface area contributed by atoms with Crippen molar-refractivity contribution in [2.45, 2.75) is 64.2 Å². The molecule has 5 rings (SSSR count). The van der Waals surface area contributed by atoms with Crippen LogP contribution >= 0.6 is 23.2 Å². The minimum Gasteiger partial charge on any atom is -0.423 e. The van der Waals surface area contributed by atoms with Crippen molar-refractivity contribution in [3.05, 3.63) is 117 Å². The minimum absolute atomic E-state index is 0.0591. The zero-order valence-electron chi connectivity index (χ0n) is 25.2. The Morgan fingerprint density at radius 1 is 0.756 bits per heavy atom. The van der Waals surface area contributed by atoms with Crippen molar-refractivity contribution in [1.82, 2.24) is 0 Å². The fourth-order valence-electron chi connectivity index (χ4n) is 5.92. The third kappa shape index (κ3) is 8.34. The lowest BCUT2D eigenvalue weighted by atomic mass is 9.77. The Kier molecular flexibility index (Phi) is 10.9. The highest BCUT2D eigenvalue weighted by molar-refractivity contribution is 6.34. The molecule has 0 aromatic heterocycles. The first-order chi connectivity index (χ1) is 21.8. The van der Waals surface area contributed by atoms with Crippen LogP contribution in [0.15, 0.2) is 84.9 Å². The summed E-state index contributed by atoms with van der Waals surface area (Å²) in [6.07, 6.45) is 10.6. The maximum absolute atomic E-state index is 12.8. The highest BCUT2D eigenvalue weighted by Crippen LogP contribution is 2.38. The van der Waals surface area contributed by atoms with Crippen LogP contribution in [0.2, 0.25) is 10.0 Å². The van der Waals surface area contributed by atoms with Gasteiger partial charge in [0.05, 0.1) is 26.7 Å². The molecular formula is C38H35Cl2NO4. The van der Waals surface area contributed by atoms with Crippen molar-refractivity contribution in [3.63, 3.8) is 0 Å². The lowest BCUT2D eigenvalue weighted by Gasteiger charge is -2.29. The van der Waals surface area contributed by atoms with E-state index in [9.17, 15) is 9.59 Å². The predicted molar refractivity (Wildman–Crippen MR) is 178 cm³/mol. The van der Waals surface area contributed by atoms with Gasteiger partial charge in [-0.1, -0.05) is 92.2 Å². The van der Waals surface area contributed by atoms with E-state index in [4.69, 9.17) is 37.9 Å². The second-order valence-corrected chi connectivity index (χ2v) is 12.4. The Bertz CT molecular complexity index is 1680. The first-order valence-electron chi connectivity index (χ1n) is 15.5. The molecule has 4 aromatic rings. The summed E-state index contributed by atoms with van der Waals surface area (Å²) >= 11 is 12.3. The maximum Gasteiger partial charge on any atom is 0.345 e. The SMILES string of the molecule is CCCCC[C@H]1CC[C@H](c2ccc(-c3ccc(C(=O)Oc4ccc(C(=O)Oc5ccc(C#N)c(Cl)c5)c(Cl)c4)cc3)cc2)CC1. The van der Waals surface area contributed by atoms with Gasteiger partial charge in [-0.2, -0.15) is 5.26 Å². The number of hydrogen-bond acceptors (Lipinski definition) is 5. The molecule has 7 heteroatoms. The Hall–Kier alpha value is -4.11. The van der Waals surface area contributed by atoms with Crippen LogP contribution in [0, 0.1) is 17.2 Å². The van der Waals surface area contributed by atoms with E-state index in [-0.39, 0.29) is 32.7 Å². The van der Waals surface area contributed by atoms with Crippen LogP contribution in [0.25, 0.3) is 11.1 Å². The Balaban J connectivity index is 1.15. The summed E-state index contributed by atoms with van der Waals surface area (Å²) in [7, 11) is 0. The standard InChI is InChI=1S/C38H35Cl2NO4/c1-2-3-4-5-25-6-8-26(9-7-25)27-10-12-28(13-11-27)29-14-16-30(17-15-29)37(42)44-33-20-21-34(36(40)23-33)38(43)45-32-19-18-31(24-41)35(39)22-32/h10-23,25-26H,2-9H2,1H3/t25-,26-. The van der Waals surface area contributed by atoms with Crippen molar-refractivity contribution in [2.24, 2.45) is 5.92 Å². The summed E-state index contributed by atoms with van der Waals surface area (Å²) < 4.78 is 10.8. The van der Waals surface area contributed by atoms with E-state index >= 15 is 0 Å².